The maximum absolute atomic E-state index is 12.5. The number of fused-ring (bicyclic) bond motifs is 1. The molecule has 4 rings (SSSR count). The molecule has 1 saturated heterocycles. The van der Waals surface area contributed by atoms with E-state index in [0.717, 1.165) is 0 Å². The molecule has 2 N–H and O–H groups in total. The Morgan fingerprint density at radius 2 is 2.06 bits per heavy atom. The van der Waals surface area contributed by atoms with Crippen molar-refractivity contribution < 1.29 is 19.4 Å². The summed E-state index contributed by atoms with van der Waals surface area (Å²) in [5, 5.41) is 22.5. The fourth-order valence-electron chi connectivity index (χ4n) is 3.62. The molecule has 0 saturated carbocycles. The summed E-state index contributed by atoms with van der Waals surface area (Å²) < 4.78 is 4.99. The number of aromatic nitrogens is 3. The molecule has 168 valence electrons. The van der Waals surface area contributed by atoms with Crippen LogP contribution in [0.4, 0.5) is 5.82 Å². The van der Waals surface area contributed by atoms with Gasteiger partial charge in [0.15, 0.2) is 11.4 Å². The average molecular weight is 446 g/mol. The highest BCUT2D eigenvalue weighted by atomic mass is 16.5. The number of amides is 1. The Morgan fingerprint density at radius 1 is 1.24 bits per heavy atom. The molecule has 0 bridgehead atoms. The summed E-state index contributed by atoms with van der Waals surface area (Å²) in [6.45, 7) is 3.73. The highest BCUT2D eigenvalue weighted by Gasteiger charge is 2.30. The van der Waals surface area contributed by atoms with Gasteiger partial charge >= 0.3 is 5.97 Å². The quantitative estimate of drug-likeness (QED) is 0.521. The summed E-state index contributed by atoms with van der Waals surface area (Å²) in [6, 6.07) is 8.66. The summed E-state index contributed by atoms with van der Waals surface area (Å²) >= 11 is 0. The van der Waals surface area contributed by atoms with E-state index in [2.05, 4.69) is 20.3 Å². The van der Waals surface area contributed by atoms with Gasteiger partial charge in [-0.15, -0.1) is 0 Å². The van der Waals surface area contributed by atoms with Gasteiger partial charge < -0.3 is 20.1 Å². The van der Waals surface area contributed by atoms with Crippen molar-refractivity contribution >= 4 is 28.6 Å². The number of nitrogens with zero attached hydrogens (tertiary/aromatic N) is 5. The van der Waals surface area contributed by atoms with Crippen LogP contribution in [0.15, 0.2) is 36.7 Å². The van der Waals surface area contributed by atoms with Gasteiger partial charge in [-0.1, -0.05) is 6.07 Å². The summed E-state index contributed by atoms with van der Waals surface area (Å²) in [6.07, 6.45) is 3.34. The van der Waals surface area contributed by atoms with Crippen molar-refractivity contribution in [2.24, 2.45) is 5.92 Å². The van der Waals surface area contributed by atoms with Crippen LogP contribution >= 0.6 is 0 Å². The average Bonchev–Trinajstić information content (AvgIpc) is 2.80. The molecule has 3 aromatic rings. The highest BCUT2D eigenvalue weighted by molar-refractivity contribution is 6.00. The van der Waals surface area contributed by atoms with Gasteiger partial charge in [-0.2, -0.15) is 5.26 Å². The standard InChI is InChI=1S/C23H22N6O4/c1-2-33-20(30)7-15-12-29(13-15)19-6-5-17-18(28-19)11-26-21(22(17)31)23(32)27-10-14-3-4-16(8-24)25-9-14/h3-6,9,11,15,31H,2,7,10,12-13H2,1H3,(H,27,32). The van der Waals surface area contributed by atoms with E-state index in [1.165, 1.54) is 12.4 Å². The lowest BCUT2D eigenvalue weighted by Gasteiger charge is -2.39. The zero-order chi connectivity index (χ0) is 23.4. The molecule has 1 amide bonds. The third-order valence-electron chi connectivity index (χ3n) is 5.35. The molecule has 10 nitrogen and oxygen atoms in total. The van der Waals surface area contributed by atoms with Crippen molar-refractivity contribution in [3.63, 3.8) is 0 Å². The van der Waals surface area contributed by atoms with Crippen LogP contribution < -0.4 is 10.2 Å². The molecule has 0 aromatic carbocycles. The van der Waals surface area contributed by atoms with Crippen molar-refractivity contribution in [1.29, 1.82) is 5.26 Å². The van der Waals surface area contributed by atoms with Crippen molar-refractivity contribution in [2.75, 3.05) is 24.6 Å². The molecular formula is C23H22N6O4. The lowest BCUT2D eigenvalue weighted by Crippen LogP contribution is -2.48. The monoisotopic (exact) mass is 446 g/mol. The number of anilines is 1. The minimum absolute atomic E-state index is 0.0999. The number of esters is 1. The van der Waals surface area contributed by atoms with Crippen LogP contribution in [0.3, 0.4) is 0 Å². The minimum Gasteiger partial charge on any atom is -0.505 e. The zero-order valence-corrected chi connectivity index (χ0v) is 18.0. The molecule has 4 heterocycles. The molecule has 33 heavy (non-hydrogen) atoms. The van der Waals surface area contributed by atoms with Gasteiger partial charge in [0, 0.05) is 37.1 Å². The van der Waals surface area contributed by atoms with E-state index in [9.17, 15) is 14.7 Å². The van der Waals surface area contributed by atoms with E-state index in [-0.39, 0.29) is 29.9 Å². The van der Waals surface area contributed by atoms with Crippen LogP contribution in [0.25, 0.3) is 10.9 Å². The normalized spacial score (nSPS) is 13.3. The number of pyridine rings is 3. The Kier molecular flexibility index (Phi) is 6.31. The van der Waals surface area contributed by atoms with Crippen molar-refractivity contribution in [2.45, 2.75) is 19.9 Å². The minimum atomic E-state index is -0.535. The predicted molar refractivity (Wildman–Crippen MR) is 118 cm³/mol. The second-order valence-corrected chi connectivity index (χ2v) is 7.68. The first-order chi connectivity index (χ1) is 16.0. The third-order valence-corrected chi connectivity index (χ3v) is 5.35. The number of nitriles is 1. The van der Waals surface area contributed by atoms with E-state index in [1.54, 1.807) is 31.2 Å². The van der Waals surface area contributed by atoms with Crippen LogP contribution in [0.1, 0.15) is 35.1 Å². The lowest BCUT2D eigenvalue weighted by molar-refractivity contribution is -0.144. The number of carbonyl (C=O) groups is 2. The molecule has 0 aliphatic carbocycles. The van der Waals surface area contributed by atoms with Gasteiger partial charge in [0.05, 0.1) is 24.7 Å². The Morgan fingerprint density at radius 3 is 2.76 bits per heavy atom. The molecule has 3 aromatic heterocycles. The van der Waals surface area contributed by atoms with Crippen LogP contribution in [-0.2, 0) is 16.1 Å². The summed E-state index contributed by atoms with van der Waals surface area (Å²) in [5.41, 5.74) is 1.37. The fourth-order valence-corrected chi connectivity index (χ4v) is 3.62. The Hall–Kier alpha value is -4.26. The Labute approximate surface area is 189 Å². The summed E-state index contributed by atoms with van der Waals surface area (Å²) in [7, 11) is 0. The lowest BCUT2D eigenvalue weighted by atomic mass is 9.96. The van der Waals surface area contributed by atoms with Crippen molar-refractivity contribution in [3.05, 3.63) is 53.6 Å². The molecule has 0 radical (unpaired) electrons. The third kappa shape index (κ3) is 4.82. The maximum atomic E-state index is 12.5. The number of hydrogen-bond donors (Lipinski definition) is 2. The highest BCUT2D eigenvalue weighted by Crippen LogP contribution is 2.31. The Bertz CT molecular complexity index is 1230. The molecular weight excluding hydrogens is 424 g/mol. The molecule has 0 atom stereocenters. The number of rotatable bonds is 7. The van der Waals surface area contributed by atoms with Gasteiger partial charge in [0.1, 0.15) is 17.6 Å². The van der Waals surface area contributed by atoms with Gasteiger partial charge in [-0.05, 0) is 30.7 Å². The zero-order valence-electron chi connectivity index (χ0n) is 18.0. The van der Waals surface area contributed by atoms with Gasteiger partial charge in [-0.3, -0.25) is 9.59 Å². The molecule has 1 fully saturated rings. The van der Waals surface area contributed by atoms with E-state index in [0.29, 0.717) is 54.1 Å². The van der Waals surface area contributed by atoms with Crippen LogP contribution in [0.2, 0.25) is 0 Å². The largest absolute Gasteiger partial charge is 0.505 e. The maximum Gasteiger partial charge on any atom is 0.306 e. The molecule has 0 spiro atoms. The molecule has 10 heteroatoms. The van der Waals surface area contributed by atoms with E-state index >= 15 is 0 Å². The number of ether oxygens (including phenoxy) is 1. The fraction of sp³-hybridized carbons (Fsp3) is 0.304. The predicted octanol–water partition coefficient (Wildman–Crippen LogP) is 1.92. The number of carbonyl (C=O) groups excluding carboxylic acids is 2. The number of aromatic hydroxyl groups is 1. The number of hydrogen-bond acceptors (Lipinski definition) is 9. The van der Waals surface area contributed by atoms with E-state index in [4.69, 9.17) is 10.00 Å². The molecule has 1 aliphatic heterocycles. The summed E-state index contributed by atoms with van der Waals surface area (Å²) in [4.78, 5) is 38.8. The van der Waals surface area contributed by atoms with Gasteiger partial charge in [-0.25, -0.2) is 15.0 Å². The van der Waals surface area contributed by atoms with E-state index < -0.39 is 5.91 Å². The van der Waals surface area contributed by atoms with Gasteiger partial charge in [0.25, 0.3) is 5.91 Å². The van der Waals surface area contributed by atoms with Crippen molar-refractivity contribution in [1.82, 2.24) is 20.3 Å². The summed E-state index contributed by atoms with van der Waals surface area (Å²) in [5.74, 6) is -0.0260. The van der Waals surface area contributed by atoms with Crippen LogP contribution in [0.5, 0.6) is 5.75 Å². The topological polar surface area (TPSA) is 141 Å². The SMILES string of the molecule is CCOC(=O)CC1CN(c2ccc3c(O)c(C(=O)NCc4ccc(C#N)nc4)ncc3n2)C1. The second kappa shape index (κ2) is 9.48. The second-order valence-electron chi connectivity index (χ2n) is 7.68. The van der Waals surface area contributed by atoms with Crippen LogP contribution in [-0.4, -0.2) is 51.6 Å². The van der Waals surface area contributed by atoms with Gasteiger partial charge in [0.2, 0.25) is 0 Å². The number of nitrogens with one attached hydrogen (secondary N) is 1. The smallest absolute Gasteiger partial charge is 0.306 e. The molecule has 1 aliphatic rings. The Balaban J connectivity index is 1.41. The first-order valence-electron chi connectivity index (χ1n) is 10.5. The van der Waals surface area contributed by atoms with Crippen molar-refractivity contribution in [3.8, 4) is 11.8 Å². The first-order valence-corrected chi connectivity index (χ1v) is 10.5. The first kappa shape index (κ1) is 22.0. The van der Waals surface area contributed by atoms with Crippen LogP contribution in [0, 0.1) is 17.2 Å². The molecule has 0 unspecified atom stereocenters. The van der Waals surface area contributed by atoms with E-state index in [1.807, 2.05) is 11.0 Å².